The van der Waals surface area contributed by atoms with Crippen LogP contribution < -0.4 is 5.32 Å². The van der Waals surface area contributed by atoms with Crippen LogP contribution in [0.15, 0.2) is 42.5 Å². The molecule has 0 bridgehead atoms. The summed E-state index contributed by atoms with van der Waals surface area (Å²) in [4.78, 5) is 10.8. The number of carboxylic acid groups (broad SMARTS) is 1. The Bertz CT molecular complexity index is 756. The van der Waals surface area contributed by atoms with E-state index in [1.807, 2.05) is 0 Å². The Morgan fingerprint density at radius 1 is 1.17 bits per heavy atom. The maximum absolute atomic E-state index is 13.1. The van der Waals surface area contributed by atoms with Gasteiger partial charge in [-0.25, -0.2) is 4.79 Å². The fourth-order valence-corrected chi connectivity index (χ4v) is 3.07. The van der Waals surface area contributed by atoms with Crippen LogP contribution in [0.25, 0.3) is 11.1 Å². The van der Waals surface area contributed by atoms with Gasteiger partial charge in [0.15, 0.2) is 0 Å². The molecule has 2 aromatic rings. The lowest BCUT2D eigenvalue weighted by Crippen LogP contribution is -2.24. The molecule has 3 rings (SSSR count). The second-order valence-corrected chi connectivity index (χ2v) is 5.50. The average Bonchev–Trinajstić information content (AvgIpc) is 2.88. The van der Waals surface area contributed by atoms with E-state index in [0.717, 1.165) is 17.2 Å². The van der Waals surface area contributed by atoms with E-state index in [4.69, 9.17) is 5.11 Å². The topological polar surface area (TPSA) is 49.3 Å². The van der Waals surface area contributed by atoms with E-state index in [9.17, 15) is 18.0 Å². The zero-order valence-electron chi connectivity index (χ0n) is 12.0. The van der Waals surface area contributed by atoms with E-state index >= 15 is 0 Å². The van der Waals surface area contributed by atoms with Crippen molar-refractivity contribution in [2.24, 2.45) is 0 Å². The van der Waals surface area contributed by atoms with Crippen LogP contribution in [-0.4, -0.2) is 11.2 Å². The van der Waals surface area contributed by atoms with Crippen LogP contribution in [0.4, 0.5) is 18.0 Å². The van der Waals surface area contributed by atoms with Gasteiger partial charge >= 0.3 is 12.3 Å². The first kappa shape index (κ1) is 15.4. The average molecular weight is 321 g/mol. The molecule has 0 fully saturated rings. The monoisotopic (exact) mass is 321 g/mol. The van der Waals surface area contributed by atoms with Gasteiger partial charge in [-0.15, -0.1) is 0 Å². The highest BCUT2D eigenvalue weighted by atomic mass is 19.4. The Balaban J connectivity index is 2.00. The molecule has 1 amide bonds. The molecule has 0 saturated heterocycles. The molecule has 0 spiro atoms. The third-order valence-electron chi connectivity index (χ3n) is 4.06. The molecule has 2 N–H and O–H groups in total. The van der Waals surface area contributed by atoms with E-state index < -0.39 is 17.8 Å². The SMILES string of the molecule is O=C(O)NC1CCc2cc(-c3ccccc3C(F)(F)F)ccc21. The Labute approximate surface area is 130 Å². The maximum Gasteiger partial charge on any atom is 0.417 e. The van der Waals surface area contributed by atoms with Crippen LogP contribution in [0.3, 0.4) is 0 Å². The Kier molecular flexibility index (Phi) is 3.75. The van der Waals surface area contributed by atoms with E-state index in [2.05, 4.69) is 5.32 Å². The van der Waals surface area contributed by atoms with E-state index in [-0.39, 0.29) is 11.6 Å². The lowest BCUT2D eigenvalue weighted by molar-refractivity contribution is -0.137. The third-order valence-corrected chi connectivity index (χ3v) is 4.06. The molecule has 0 aromatic heterocycles. The van der Waals surface area contributed by atoms with Gasteiger partial charge in [-0.05, 0) is 41.2 Å². The van der Waals surface area contributed by atoms with Gasteiger partial charge in [0.2, 0.25) is 0 Å². The largest absolute Gasteiger partial charge is 0.465 e. The minimum atomic E-state index is -4.41. The number of rotatable bonds is 2. The summed E-state index contributed by atoms with van der Waals surface area (Å²) >= 11 is 0. The van der Waals surface area contributed by atoms with Crippen LogP contribution in [0, 0.1) is 0 Å². The molecule has 1 unspecified atom stereocenters. The summed E-state index contributed by atoms with van der Waals surface area (Å²) in [5.74, 6) is 0. The first-order valence-corrected chi connectivity index (χ1v) is 7.15. The second kappa shape index (κ2) is 5.61. The zero-order chi connectivity index (χ0) is 16.6. The molecule has 0 saturated carbocycles. The highest BCUT2D eigenvalue weighted by molar-refractivity contribution is 5.70. The Hall–Kier alpha value is -2.50. The highest BCUT2D eigenvalue weighted by Crippen LogP contribution is 2.39. The van der Waals surface area contributed by atoms with Crippen molar-refractivity contribution < 1.29 is 23.1 Å². The van der Waals surface area contributed by atoms with Gasteiger partial charge in [0, 0.05) is 0 Å². The molecule has 120 valence electrons. The van der Waals surface area contributed by atoms with Crippen molar-refractivity contribution in [3.05, 3.63) is 59.2 Å². The van der Waals surface area contributed by atoms with E-state index in [1.165, 1.54) is 12.1 Å². The number of halogens is 3. The lowest BCUT2D eigenvalue weighted by atomic mass is 9.96. The summed E-state index contributed by atoms with van der Waals surface area (Å²) < 4.78 is 39.4. The van der Waals surface area contributed by atoms with Crippen LogP contribution in [0.5, 0.6) is 0 Å². The molecular formula is C17H14F3NO2. The van der Waals surface area contributed by atoms with Gasteiger partial charge in [0.05, 0.1) is 11.6 Å². The molecule has 3 nitrogen and oxygen atoms in total. The lowest BCUT2D eigenvalue weighted by Gasteiger charge is -2.15. The number of fused-ring (bicyclic) bond motifs is 1. The van der Waals surface area contributed by atoms with Crippen molar-refractivity contribution in [3.63, 3.8) is 0 Å². The molecule has 23 heavy (non-hydrogen) atoms. The van der Waals surface area contributed by atoms with Gasteiger partial charge in [0.1, 0.15) is 0 Å². The quantitative estimate of drug-likeness (QED) is 0.847. The number of amides is 1. The zero-order valence-corrected chi connectivity index (χ0v) is 12.0. The summed E-state index contributed by atoms with van der Waals surface area (Å²) in [7, 11) is 0. The van der Waals surface area contributed by atoms with Crippen molar-refractivity contribution in [3.8, 4) is 11.1 Å². The standard InChI is InChI=1S/C17H14F3NO2/c18-17(19,20)14-4-2-1-3-12(14)10-5-7-13-11(9-10)6-8-15(13)21-16(22)23/h1-5,7,9,15,21H,6,8H2,(H,22,23). The van der Waals surface area contributed by atoms with Gasteiger partial charge in [-0.2, -0.15) is 13.2 Å². The second-order valence-electron chi connectivity index (χ2n) is 5.50. The highest BCUT2D eigenvalue weighted by Gasteiger charge is 2.33. The van der Waals surface area contributed by atoms with Crippen LogP contribution in [0.2, 0.25) is 0 Å². The Morgan fingerprint density at radius 2 is 1.91 bits per heavy atom. The fraction of sp³-hybridized carbons (Fsp3) is 0.235. The van der Waals surface area contributed by atoms with Gasteiger partial charge < -0.3 is 10.4 Å². The molecule has 0 aliphatic heterocycles. The number of hydrogen-bond donors (Lipinski definition) is 2. The molecule has 0 radical (unpaired) electrons. The summed E-state index contributed by atoms with van der Waals surface area (Å²) in [6.07, 6.45) is -4.26. The minimum Gasteiger partial charge on any atom is -0.465 e. The van der Waals surface area contributed by atoms with Gasteiger partial charge in [-0.3, -0.25) is 0 Å². The van der Waals surface area contributed by atoms with E-state index in [1.54, 1.807) is 24.3 Å². The normalized spacial score (nSPS) is 16.9. The number of alkyl halides is 3. The number of nitrogens with one attached hydrogen (secondary N) is 1. The Morgan fingerprint density at radius 3 is 2.61 bits per heavy atom. The van der Waals surface area contributed by atoms with Gasteiger partial charge in [-0.1, -0.05) is 36.4 Å². The molecule has 6 heteroatoms. The minimum absolute atomic E-state index is 0.137. The summed E-state index contributed by atoms with van der Waals surface area (Å²) in [6, 6.07) is 10.2. The van der Waals surface area contributed by atoms with E-state index in [0.29, 0.717) is 18.4 Å². The fourth-order valence-electron chi connectivity index (χ4n) is 3.07. The first-order valence-electron chi connectivity index (χ1n) is 7.15. The number of aryl methyl sites for hydroxylation is 1. The van der Waals surface area contributed by atoms with Crippen LogP contribution >= 0.6 is 0 Å². The molecule has 0 heterocycles. The van der Waals surface area contributed by atoms with Crippen molar-refractivity contribution in [2.75, 3.05) is 0 Å². The summed E-state index contributed by atoms with van der Waals surface area (Å²) in [5, 5.41) is 11.3. The smallest absolute Gasteiger partial charge is 0.417 e. The molecule has 1 atom stereocenters. The summed E-state index contributed by atoms with van der Waals surface area (Å²) in [5.41, 5.74) is 1.68. The maximum atomic E-state index is 13.1. The number of hydrogen-bond acceptors (Lipinski definition) is 1. The van der Waals surface area contributed by atoms with Crippen LogP contribution in [0.1, 0.15) is 29.2 Å². The molecular weight excluding hydrogens is 307 g/mol. The van der Waals surface area contributed by atoms with Crippen molar-refractivity contribution >= 4 is 6.09 Å². The number of benzene rings is 2. The summed E-state index contributed by atoms with van der Waals surface area (Å²) in [6.45, 7) is 0. The number of carbonyl (C=O) groups is 1. The first-order chi connectivity index (χ1) is 10.9. The van der Waals surface area contributed by atoms with Gasteiger partial charge in [0.25, 0.3) is 0 Å². The predicted octanol–water partition coefficient (Wildman–Crippen LogP) is 4.63. The molecule has 1 aliphatic carbocycles. The molecule has 2 aromatic carbocycles. The predicted molar refractivity (Wildman–Crippen MR) is 79.1 cm³/mol. The molecule has 1 aliphatic rings. The van der Waals surface area contributed by atoms with Crippen molar-refractivity contribution in [1.29, 1.82) is 0 Å². The van der Waals surface area contributed by atoms with Crippen molar-refractivity contribution in [2.45, 2.75) is 25.1 Å². The van der Waals surface area contributed by atoms with Crippen LogP contribution in [-0.2, 0) is 12.6 Å². The van der Waals surface area contributed by atoms with Crippen molar-refractivity contribution in [1.82, 2.24) is 5.32 Å². The third kappa shape index (κ3) is 3.02.